The smallest absolute Gasteiger partial charge is 0.306 e. The fourth-order valence-corrected chi connectivity index (χ4v) is 6.19. The van der Waals surface area contributed by atoms with E-state index in [-0.39, 0.29) is 19.6 Å². The first-order valence-corrected chi connectivity index (χ1v) is 21.5. The number of unbranched alkanes of at least 4 members (excludes halogenated alkanes) is 5. The number of hydrogen-bond donors (Lipinski definition) is 7. The summed E-state index contributed by atoms with van der Waals surface area (Å²) in [5.41, 5.74) is 0. The molecule has 0 aromatic heterocycles. The fraction of sp³-hybridized carbons (Fsp3) is 0.711. The minimum absolute atomic E-state index is 0.0260. The molecule has 0 spiro atoms. The van der Waals surface area contributed by atoms with Crippen LogP contribution in [0.1, 0.15) is 104 Å². The van der Waals surface area contributed by atoms with Gasteiger partial charge in [0, 0.05) is 13.0 Å². The van der Waals surface area contributed by atoms with Gasteiger partial charge in [0.1, 0.15) is 54.9 Å². The van der Waals surface area contributed by atoms with Crippen LogP contribution in [0.4, 0.5) is 0 Å². The van der Waals surface area contributed by atoms with Crippen LogP contribution in [0, 0.1) is 0 Å². The summed E-state index contributed by atoms with van der Waals surface area (Å²) in [6.45, 7) is 3.36. The molecule has 0 aliphatic carbocycles. The highest BCUT2D eigenvalue weighted by Gasteiger charge is 2.47. The van der Waals surface area contributed by atoms with Gasteiger partial charge in [-0.15, -0.1) is 0 Å². The van der Waals surface area contributed by atoms with Gasteiger partial charge in [0.2, 0.25) is 0 Å². The lowest BCUT2D eigenvalue weighted by Crippen LogP contribution is -2.61. The Morgan fingerprint density at radius 1 is 0.576 bits per heavy atom. The third kappa shape index (κ3) is 22.2. The molecule has 2 heterocycles. The molecule has 2 aliphatic heterocycles. The van der Waals surface area contributed by atoms with E-state index in [1.165, 1.54) is 12.8 Å². The van der Waals surface area contributed by atoms with Crippen LogP contribution in [-0.2, 0) is 33.2 Å². The summed E-state index contributed by atoms with van der Waals surface area (Å²) < 4.78 is 33.8. The van der Waals surface area contributed by atoms with E-state index in [2.05, 4.69) is 74.6 Å². The largest absolute Gasteiger partial charge is 0.457 e. The summed E-state index contributed by atoms with van der Waals surface area (Å²) >= 11 is 0. The molecule has 0 aromatic carbocycles. The first kappa shape index (κ1) is 52.6. The number of rotatable bonds is 31. The maximum absolute atomic E-state index is 12.8. The lowest BCUT2D eigenvalue weighted by Gasteiger charge is -2.42. The quantitative estimate of drug-likeness (QED) is 0.0293. The van der Waals surface area contributed by atoms with E-state index in [1.54, 1.807) is 0 Å². The zero-order valence-corrected chi connectivity index (χ0v) is 35.2. The van der Waals surface area contributed by atoms with E-state index in [9.17, 15) is 40.5 Å². The minimum atomic E-state index is -1.72. The highest BCUT2D eigenvalue weighted by atomic mass is 16.7. The molecule has 338 valence electrons. The van der Waals surface area contributed by atoms with Crippen molar-refractivity contribution in [1.82, 2.24) is 0 Å². The average molecular weight is 839 g/mol. The summed E-state index contributed by atoms with van der Waals surface area (Å²) in [5, 5.41) is 71.6. The number of hydrogen-bond acceptors (Lipinski definition) is 14. The van der Waals surface area contributed by atoms with Crippen LogP contribution in [0.25, 0.3) is 0 Å². The number of ether oxygens (including phenoxy) is 6. The minimum Gasteiger partial charge on any atom is -0.457 e. The van der Waals surface area contributed by atoms with Gasteiger partial charge < -0.3 is 64.2 Å². The average Bonchev–Trinajstić information content (AvgIpc) is 3.23. The maximum Gasteiger partial charge on any atom is 0.306 e. The molecule has 0 aromatic rings. The van der Waals surface area contributed by atoms with Crippen LogP contribution in [0.15, 0.2) is 72.9 Å². The SMILES string of the molecule is CC/C=C\C/C=C\C/C=C\C/C=C\C/C=C\C/C=C\CCC(=O)OC(COCCCCCCCC)COC1OC(COC2OC(CO)C(O)C(O)C2O)C(O)C(O)C1O. The molecule has 14 nitrogen and oxygen atoms in total. The maximum atomic E-state index is 12.8. The van der Waals surface area contributed by atoms with Gasteiger partial charge in [0.25, 0.3) is 0 Å². The van der Waals surface area contributed by atoms with Crippen molar-refractivity contribution in [2.45, 2.75) is 171 Å². The number of aliphatic hydroxyl groups excluding tert-OH is 7. The van der Waals surface area contributed by atoms with E-state index in [1.807, 2.05) is 12.2 Å². The lowest BCUT2D eigenvalue weighted by molar-refractivity contribution is -0.332. The third-order valence-electron chi connectivity index (χ3n) is 9.74. The molecular formula is C45H74O14. The third-order valence-corrected chi connectivity index (χ3v) is 9.74. The molecule has 0 saturated carbocycles. The molecule has 2 saturated heterocycles. The molecule has 14 heteroatoms. The van der Waals surface area contributed by atoms with E-state index < -0.39 is 86.7 Å². The van der Waals surface area contributed by atoms with Crippen LogP contribution in [0.3, 0.4) is 0 Å². The Balaban J connectivity index is 1.82. The van der Waals surface area contributed by atoms with Gasteiger partial charge in [-0.2, -0.15) is 0 Å². The second kappa shape index (κ2) is 33.1. The molecule has 7 N–H and O–H groups in total. The summed E-state index contributed by atoms with van der Waals surface area (Å²) in [4.78, 5) is 12.8. The van der Waals surface area contributed by atoms with E-state index in [4.69, 9.17) is 28.4 Å². The number of carbonyl (C=O) groups excluding carboxylic acids is 1. The van der Waals surface area contributed by atoms with Crippen LogP contribution in [0.2, 0.25) is 0 Å². The van der Waals surface area contributed by atoms with Gasteiger partial charge in [0.15, 0.2) is 12.6 Å². The van der Waals surface area contributed by atoms with E-state index in [0.717, 1.165) is 64.2 Å². The second-order valence-corrected chi connectivity index (χ2v) is 14.8. The zero-order valence-electron chi connectivity index (χ0n) is 35.2. The number of allylic oxidation sites excluding steroid dienone is 12. The van der Waals surface area contributed by atoms with Gasteiger partial charge >= 0.3 is 5.97 Å². The van der Waals surface area contributed by atoms with Gasteiger partial charge in [0.05, 0.1) is 26.4 Å². The Morgan fingerprint density at radius 3 is 1.63 bits per heavy atom. The summed E-state index contributed by atoms with van der Waals surface area (Å²) in [6.07, 6.45) is 21.6. The Kier molecular flexibility index (Phi) is 29.5. The number of aliphatic hydroxyl groups is 7. The monoisotopic (exact) mass is 839 g/mol. The predicted octanol–water partition coefficient (Wildman–Crippen LogP) is 4.39. The van der Waals surface area contributed by atoms with E-state index >= 15 is 0 Å². The van der Waals surface area contributed by atoms with Gasteiger partial charge in [-0.1, -0.05) is 119 Å². The van der Waals surface area contributed by atoms with E-state index in [0.29, 0.717) is 13.0 Å². The van der Waals surface area contributed by atoms with Crippen LogP contribution in [-0.4, -0.2) is 142 Å². The molecule has 0 radical (unpaired) electrons. The Bertz CT molecular complexity index is 1250. The Hall–Kier alpha value is -2.57. The van der Waals surface area contributed by atoms with Gasteiger partial charge in [-0.25, -0.2) is 0 Å². The lowest BCUT2D eigenvalue weighted by atomic mass is 9.98. The Morgan fingerprint density at radius 2 is 1.07 bits per heavy atom. The molecule has 11 atom stereocenters. The molecule has 0 bridgehead atoms. The highest BCUT2D eigenvalue weighted by Crippen LogP contribution is 2.26. The second-order valence-electron chi connectivity index (χ2n) is 14.8. The van der Waals surface area contributed by atoms with Gasteiger partial charge in [-0.05, 0) is 51.4 Å². The van der Waals surface area contributed by atoms with Crippen LogP contribution in [0.5, 0.6) is 0 Å². The molecule has 11 unspecified atom stereocenters. The standard InChI is InChI=1S/C45H74O14/c1-3-5-7-9-11-12-13-14-15-16-17-18-19-20-21-22-23-24-26-28-37(47)57-34(31-54-29-27-25-10-8-6-4-2)32-55-44-43(53)41(51)39(49)36(59-44)33-56-45-42(52)40(50)38(48)35(30-46)58-45/h5,7,11-12,14-15,17-18,20-21,23-24,34-36,38-46,48-53H,3-4,6,8-10,13,16,19,22,25-33H2,1-2H3/b7-5-,12-11-,15-14-,18-17-,21-20-,24-23-. The molecule has 2 rings (SSSR count). The highest BCUT2D eigenvalue weighted by molar-refractivity contribution is 5.69. The summed E-state index contributed by atoms with van der Waals surface area (Å²) in [7, 11) is 0. The Labute approximate surface area is 351 Å². The first-order valence-electron chi connectivity index (χ1n) is 21.5. The zero-order chi connectivity index (χ0) is 43.1. The molecular weight excluding hydrogens is 764 g/mol. The number of carbonyl (C=O) groups is 1. The normalized spacial score (nSPS) is 28.7. The van der Waals surface area contributed by atoms with Crippen molar-refractivity contribution in [3.05, 3.63) is 72.9 Å². The summed E-state index contributed by atoms with van der Waals surface area (Å²) in [5.74, 6) is -0.465. The topological polar surface area (TPSA) is 214 Å². The van der Waals surface area contributed by atoms with Crippen molar-refractivity contribution in [2.75, 3.05) is 33.0 Å². The van der Waals surface area contributed by atoms with Crippen molar-refractivity contribution in [2.24, 2.45) is 0 Å². The first-order chi connectivity index (χ1) is 28.6. The molecule has 2 fully saturated rings. The van der Waals surface area contributed by atoms with Crippen LogP contribution < -0.4 is 0 Å². The molecule has 2 aliphatic rings. The summed E-state index contributed by atoms with van der Waals surface area (Å²) in [6, 6.07) is 0. The van der Waals surface area contributed by atoms with Crippen molar-refractivity contribution in [3.8, 4) is 0 Å². The molecule has 0 amide bonds. The predicted molar refractivity (Wildman–Crippen MR) is 224 cm³/mol. The fourth-order valence-electron chi connectivity index (χ4n) is 6.19. The molecule has 59 heavy (non-hydrogen) atoms. The van der Waals surface area contributed by atoms with Crippen molar-refractivity contribution in [3.63, 3.8) is 0 Å². The number of esters is 1. The van der Waals surface area contributed by atoms with Crippen molar-refractivity contribution in [1.29, 1.82) is 0 Å². The van der Waals surface area contributed by atoms with Crippen molar-refractivity contribution < 1.29 is 69.0 Å². The van der Waals surface area contributed by atoms with Crippen LogP contribution >= 0.6 is 0 Å². The van der Waals surface area contributed by atoms with Crippen molar-refractivity contribution >= 4 is 5.97 Å². The van der Waals surface area contributed by atoms with Gasteiger partial charge in [-0.3, -0.25) is 4.79 Å².